The van der Waals surface area contributed by atoms with Gasteiger partial charge in [0.2, 0.25) is 5.91 Å². The molecular weight excluding hydrogens is 383 g/mol. The number of nitriles is 1. The highest BCUT2D eigenvalue weighted by Crippen LogP contribution is 2.22. The van der Waals surface area contributed by atoms with Gasteiger partial charge in [-0.15, -0.1) is 0 Å². The topological polar surface area (TPSA) is 85.2 Å². The molecule has 0 saturated carbocycles. The lowest BCUT2D eigenvalue weighted by atomic mass is 10.2. The average molecular weight is 403 g/mol. The fourth-order valence-electron chi connectivity index (χ4n) is 3.86. The minimum absolute atomic E-state index is 0.0212. The van der Waals surface area contributed by atoms with Crippen molar-refractivity contribution in [1.29, 1.82) is 5.26 Å². The fourth-order valence-corrected chi connectivity index (χ4v) is 4.00. The van der Waals surface area contributed by atoms with E-state index in [4.69, 9.17) is 16.9 Å². The van der Waals surface area contributed by atoms with Gasteiger partial charge >= 0.3 is 0 Å². The van der Waals surface area contributed by atoms with Gasteiger partial charge in [-0.05, 0) is 24.6 Å². The van der Waals surface area contributed by atoms with Crippen LogP contribution in [0.25, 0.3) is 11.0 Å². The molecule has 0 unspecified atom stereocenters. The molecule has 28 heavy (non-hydrogen) atoms. The monoisotopic (exact) mass is 402 g/mol. The van der Waals surface area contributed by atoms with Crippen LogP contribution in [-0.4, -0.2) is 70.1 Å². The van der Waals surface area contributed by atoms with Crippen molar-refractivity contribution in [2.24, 2.45) is 0 Å². The molecule has 0 bridgehead atoms. The van der Waals surface area contributed by atoms with Crippen LogP contribution in [0, 0.1) is 11.3 Å². The number of rotatable bonds is 4. The molecule has 2 fully saturated rings. The molecular formula is C19H20ClFN6O. The Morgan fingerprint density at radius 3 is 3.11 bits per heavy atom. The number of nitrogens with one attached hydrogen (secondary N) is 1. The molecule has 2 aromatic rings. The number of alkyl halides is 1. The lowest BCUT2D eigenvalue weighted by Crippen LogP contribution is -2.42. The Bertz CT molecular complexity index is 934. The van der Waals surface area contributed by atoms with Crippen molar-refractivity contribution in [3.63, 3.8) is 0 Å². The molecule has 4 heterocycles. The van der Waals surface area contributed by atoms with Gasteiger partial charge in [-0.2, -0.15) is 5.26 Å². The van der Waals surface area contributed by atoms with Crippen molar-refractivity contribution in [2.45, 2.75) is 31.1 Å². The first-order valence-electron chi connectivity index (χ1n) is 9.26. The van der Waals surface area contributed by atoms with Crippen LogP contribution in [0.15, 0.2) is 24.4 Å². The molecule has 2 aliphatic rings. The van der Waals surface area contributed by atoms with Gasteiger partial charge in [-0.1, -0.05) is 11.6 Å². The van der Waals surface area contributed by atoms with Crippen LogP contribution in [0.5, 0.6) is 0 Å². The number of amides is 1. The zero-order valence-corrected chi connectivity index (χ0v) is 15.9. The maximum Gasteiger partial charge on any atom is 0.237 e. The van der Waals surface area contributed by atoms with Crippen LogP contribution >= 0.6 is 11.6 Å². The lowest BCUT2D eigenvalue weighted by molar-refractivity contribution is -0.132. The summed E-state index contributed by atoms with van der Waals surface area (Å²) in [6.45, 7) is 1.70. The Morgan fingerprint density at radius 2 is 2.29 bits per heavy atom. The molecule has 0 spiro atoms. The molecule has 146 valence electrons. The minimum atomic E-state index is -1.11. The summed E-state index contributed by atoms with van der Waals surface area (Å²) in [5.74, 6) is -0.178. The van der Waals surface area contributed by atoms with E-state index in [0.717, 1.165) is 24.0 Å². The quantitative estimate of drug-likeness (QED) is 0.789. The van der Waals surface area contributed by atoms with Gasteiger partial charge in [-0.25, -0.2) is 14.4 Å². The number of hydrogen-bond acceptors (Lipinski definition) is 6. The normalized spacial score (nSPS) is 25.2. The second kappa shape index (κ2) is 7.86. The predicted octanol–water partition coefficient (Wildman–Crippen LogP) is 2.23. The number of halogens is 2. The number of aromatic nitrogens is 2. The molecule has 1 amide bonds. The molecule has 3 atom stereocenters. The van der Waals surface area contributed by atoms with Gasteiger partial charge in [0.15, 0.2) is 5.65 Å². The third-order valence-electron chi connectivity index (χ3n) is 5.23. The molecule has 1 N–H and O–H groups in total. The Labute approximate surface area is 167 Å². The summed E-state index contributed by atoms with van der Waals surface area (Å²) in [6, 6.07) is 7.14. The number of hydrogen-bond donors (Lipinski definition) is 1. The van der Waals surface area contributed by atoms with E-state index >= 15 is 0 Å². The van der Waals surface area contributed by atoms with E-state index in [1.807, 2.05) is 23.1 Å². The van der Waals surface area contributed by atoms with Gasteiger partial charge < -0.3 is 10.2 Å². The number of likely N-dealkylation sites (tertiary alicyclic amines) is 2. The predicted molar refractivity (Wildman–Crippen MR) is 104 cm³/mol. The highest BCUT2D eigenvalue weighted by atomic mass is 35.5. The lowest BCUT2D eigenvalue weighted by Gasteiger charge is -2.23. The van der Waals surface area contributed by atoms with Crippen molar-refractivity contribution in [3.8, 4) is 6.07 Å². The summed E-state index contributed by atoms with van der Waals surface area (Å²) in [6.07, 6.45) is 1.62. The molecule has 2 aliphatic heterocycles. The zero-order valence-electron chi connectivity index (χ0n) is 15.2. The summed E-state index contributed by atoms with van der Waals surface area (Å²) < 4.78 is 13.5. The van der Waals surface area contributed by atoms with Gasteiger partial charge in [0.1, 0.15) is 17.4 Å². The maximum atomic E-state index is 13.5. The Balaban J connectivity index is 1.34. The van der Waals surface area contributed by atoms with Gasteiger partial charge in [0, 0.05) is 30.9 Å². The number of anilines is 1. The number of carbonyl (C=O) groups is 1. The number of carbonyl (C=O) groups excluding carboxylic acids is 1. The first-order chi connectivity index (χ1) is 13.5. The van der Waals surface area contributed by atoms with Gasteiger partial charge in [0.05, 0.1) is 31.0 Å². The smallest absolute Gasteiger partial charge is 0.237 e. The van der Waals surface area contributed by atoms with Crippen LogP contribution in [-0.2, 0) is 4.79 Å². The SMILES string of the molecule is N#C[C@@H]1C[C@H](F)CN1C(=O)CN1CC[C@H](Nc2cnc3nc(Cl)ccc3c2)C1. The Morgan fingerprint density at radius 1 is 1.43 bits per heavy atom. The van der Waals surface area contributed by atoms with Crippen LogP contribution < -0.4 is 5.32 Å². The van der Waals surface area contributed by atoms with Crippen molar-refractivity contribution in [1.82, 2.24) is 19.8 Å². The van der Waals surface area contributed by atoms with Crippen LogP contribution in [0.3, 0.4) is 0 Å². The number of fused-ring (bicyclic) bond motifs is 1. The van der Waals surface area contributed by atoms with Crippen molar-refractivity contribution in [2.75, 3.05) is 31.5 Å². The van der Waals surface area contributed by atoms with Crippen LogP contribution in [0.4, 0.5) is 10.1 Å². The Hall–Kier alpha value is -2.50. The van der Waals surface area contributed by atoms with E-state index in [1.54, 1.807) is 12.3 Å². The van der Waals surface area contributed by atoms with Crippen LogP contribution in [0.1, 0.15) is 12.8 Å². The average Bonchev–Trinajstić information content (AvgIpc) is 3.27. The van der Waals surface area contributed by atoms with Gasteiger partial charge in [0.25, 0.3) is 0 Å². The molecule has 9 heteroatoms. The highest BCUT2D eigenvalue weighted by Gasteiger charge is 2.36. The molecule has 0 aromatic carbocycles. The molecule has 2 saturated heterocycles. The second-order valence-corrected chi connectivity index (χ2v) is 7.68. The highest BCUT2D eigenvalue weighted by molar-refractivity contribution is 6.29. The van der Waals surface area contributed by atoms with E-state index in [9.17, 15) is 9.18 Å². The van der Waals surface area contributed by atoms with Crippen molar-refractivity contribution in [3.05, 3.63) is 29.5 Å². The first-order valence-corrected chi connectivity index (χ1v) is 9.64. The van der Waals surface area contributed by atoms with E-state index < -0.39 is 12.2 Å². The summed E-state index contributed by atoms with van der Waals surface area (Å²) >= 11 is 5.89. The van der Waals surface area contributed by atoms with Crippen molar-refractivity contribution >= 4 is 34.2 Å². The number of pyridine rings is 2. The van der Waals surface area contributed by atoms with Gasteiger partial charge in [-0.3, -0.25) is 9.69 Å². The summed E-state index contributed by atoms with van der Waals surface area (Å²) in [5, 5.41) is 13.9. The molecule has 0 aliphatic carbocycles. The maximum absolute atomic E-state index is 13.5. The van der Waals surface area contributed by atoms with Crippen LogP contribution in [0.2, 0.25) is 5.15 Å². The second-order valence-electron chi connectivity index (χ2n) is 7.29. The number of nitrogens with zero attached hydrogens (tertiary/aromatic N) is 5. The minimum Gasteiger partial charge on any atom is -0.380 e. The Kier molecular flexibility index (Phi) is 5.29. The summed E-state index contributed by atoms with van der Waals surface area (Å²) in [4.78, 5) is 24.4. The largest absolute Gasteiger partial charge is 0.380 e. The molecule has 0 radical (unpaired) electrons. The third kappa shape index (κ3) is 4.01. The first kappa shape index (κ1) is 18.8. The molecule has 2 aromatic heterocycles. The van der Waals surface area contributed by atoms with Crippen molar-refractivity contribution < 1.29 is 9.18 Å². The fraction of sp³-hybridized carbons (Fsp3) is 0.474. The van der Waals surface area contributed by atoms with E-state index in [2.05, 4.69) is 15.3 Å². The van der Waals surface area contributed by atoms with E-state index in [1.165, 1.54) is 4.90 Å². The third-order valence-corrected chi connectivity index (χ3v) is 5.44. The molecule has 4 rings (SSSR count). The van der Waals surface area contributed by atoms with E-state index in [0.29, 0.717) is 17.3 Å². The standard InChI is InChI=1S/C19H20ClFN6O/c20-17-2-1-12-5-15(8-23-19(12)25-17)24-14-3-4-26(10-14)11-18(28)27-9-13(21)6-16(27)7-22/h1-2,5,8,13-14,16,24H,3-4,6,9-11H2/t13-,14-,16-/m0/s1. The zero-order chi connectivity index (χ0) is 19.7. The summed E-state index contributed by atoms with van der Waals surface area (Å²) in [7, 11) is 0. The van der Waals surface area contributed by atoms with E-state index in [-0.39, 0.29) is 31.5 Å². The molecule has 7 nitrogen and oxygen atoms in total. The summed E-state index contributed by atoms with van der Waals surface area (Å²) in [5.41, 5.74) is 1.49.